The molecule has 0 saturated heterocycles. The van der Waals surface area contributed by atoms with Gasteiger partial charge in [-0.25, -0.2) is 0 Å². The van der Waals surface area contributed by atoms with Gasteiger partial charge in [-0.3, -0.25) is 0 Å². The third-order valence-electron chi connectivity index (χ3n) is 11.7. The Hall–Kier alpha value is -6.00. The molecule has 0 aliphatic carbocycles. The minimum absolute atomic E-state index is 0.0465. The number of hydrogen-bond acceptors (Lipinski definition) is 2. The standard InChI is InChI=1S/C50H44BN3/c1-49(2,3)33-24-28-42-38(30-33)39-31-34(50(4,5)6)25-29-43(39)54(42)37-26-27-41-47(32-37)53(36-18-11-8-12-19-36)46-23-15-22-45-48(46)51(41)40-20-13-14-21-44(40)52(45)35-16-9-7-10-17-35/h7-32H,1-6H3. The van der Waals surface area contributed by atoms with E-state index in [9.17, 15) is 0 Å². The molecule has 0 fully saturated rings. The lowest BCUT2D eigenvalue weighted by Gasteiger charge is -2.44. The summed E-state index contributed by atoms with van der Waals surface area (Å²) in [6.07, 6.45) is 0. The number of para-hydroxylation sites is 3. The van der Waals surface area contributed by atoms with Crippen LogP contribution < -0.4 is 26.2 Å². The van der Waals surface area contributed by atoms with Crippen molar-refractivity contribution in [2.45, 2.75) is 52.4 Å². The number of nitrogens with zero attached hydrogens (tertiary/aromatic N) is 3. The Morgan fingerprint density at radius 3 is 1.43 bits per heavy atom. The van der Waals surface area contributed by atoms with E-state index in [1.807, 2.05) is 0 Å². The summed E-state index contributed by atoms with van der Waals surface area (Å²) in [5.74, 6) is 0. The van der Waals surface area contributed by atoms with Gasteiger partial charge in [0.15, 0.2) is 0 Å². The first-order valence-electron chi connectivity index (χ1n) is 19.2. The van der Waals surface area contributed by atoms with Gasteiger partial charge in [-0.2, -0.15) is 0 Å². The number of rotatable bonds is 3. The van der Waals surface area contributed by atoms with Crippen LogP contribution in [0.1, 0.15) is 52.7 Å². The van der Waals surface area contributed by atoms with Gasteiger partial charge in [0, 0.05) is 50.6 Å². The lowest BCUT2D eigenvalue weighted by molar-refractivity contribution is 0.590. The normalized spacial score (nSPS) is 13.6. The van der Waals surface area contributed by atoms with Gasteiger partial charge in [-0.1, -0.05) is 120 Å². The second-order valence-corrected chi connectivity index (χ2v) is 17.1. The van der Waals surface area contributed by atoms with Crippen molar-refractivity contribution in [3.05, 3.63) is 169 Å². The molecule has 54 heavy (non-hydrogen) atoms. The molecule has 7 aromatic carbocycles. The van der Waals surface area contributed by atoms with Gasteiger partial charge in [0.1, 0.15) is 0 Å². The maximum atomic E-state index is 2.49. The Morgan fingerprint density at radius 1 is 0.389 bits per heavy atom. The van der Waals surface area contributed by atoms with Crippen LogP contribution in [0.3, 0.4) is 0 Å². The fourth-order valence-corrected chi connectivity index (χ4v) is 8.95. The zero-order chi connectivity index (χ0) is 36.9. The van der Waals surface area contributed by atoms with Gasteiger partial charge >= 0.3 is 0 Å². The van der Waals surface area contributed by atoms with Gasteiger partial charge in [0.05, 0.1) is 11.0 Å². The second-order valence-electron chi connectivity index (χ2n) is 17.1. The minimum atomic E-state index is 0.0465. The predicted molar refractivity (Wildman–Crippen MR) is 232 cm³/mol. The molecule has 3 heterocycles. The highest BCUT2D eigenvalue weighted by Gasteiger charge is 2.43. The first-order chi connectivity index (χ1) is 26.1. The molecule has 1 aromatic heterocycles. The summed E-state index contributed by atoms with van der Waals surface area (Å²) < 4.78 is 2.49. The highest BCUT2D eigenvalue weighted by molar-refractivity contribution is 7.00. The SMILES string of the molecule is CC(C)(C)c1ccc2c(c1)c1cc(C(C)(C)C)ccc1n2-c1ccc2c(c1)N(c1ccccc1)c1cccc3c1B2c1ccccc1N3c1ccccc1. The molecule has 0 spiro atoms. The molecule has 0 atom stereocenters. The average Bonchev–Trinajstić information content (AvgIpc) is 3.51. The molecule has 0 unspecified atom stereocenters. The average molecular weight is 698 g/mol. The molecule has 4 heteroatoms. The number of aromatic nitrogens is 1. The molecule has 0 N–H and O–H groups in total. The van der Waals surface area contributed by atoms with Crippen LogP contribution >= 0.6 is 0 Å². The summed E-state index contributed by atoms with van der Waals surface area (Å²) in [6, 6.07) is 58.9. The van der Waals surface area contributed by atoms with Crippen molar-refractivity contribution in [1.29, 1.82) is 0 Å². The van der Waals surface area contributed by atoms with E-state index < -0.39 is 0 Å². The van der Waals surface area contributed by atoms with Crippen LogP contribution in [0.2, 0.25) is 0 Å². The molecular weight excluding hydrogens is 653 g/mol. The zero-order valence-corrected chi connectivity index (χ0v) is 31.9. The van der Waals surface area contributed by atoms with Crippen molar-refractivity contribution in [1.82, 2.24) is 4.57 Å². The zero-order valence-electron chi connectivity index (χ0n) is 31.9. The summed E-state index contributed by atoms with van der Waals surface area (Å²) in [5.41, 5.74) is 17.6. The summed E-state index contributed by atoms with van der Waals surface area (Å²) in [5, 5.41) is 2.61. The van der Waals surface area contributed by atoms with Crippen molar-refractivity contribution in [3.63, 3.8) is 0 Å². The Bertz CT molecular complexity index is 2680. The highest BCUT2D eigenvalue weighted by Crippen LogP contribution is 2.45. The third kappa shape index (κ3) is 4.89. The highest BCUT2D eigenvalue weighted by atomic mass is 15.2. The van der Waals surface area contributed by atoms with Crippen molar-refractivity contribution >= 4 is 79.0 Å². The van der Waals surface area contributed by atoms with Crippen LogP contribution in [0, 0.1) is 0 Å². The van der Waals surface area contributed by atoms with E-state index in [1.54, 1.807) is 0 Å². The van der Waals surface area contributed by atoms with Gasteiger partial charge in [-0.15, -0.1) is 0 Å². The van der Waals surface area contributed by atoms with Crippen molar-refractivity contribution in [3.8, 4) is 5.69 Å². The lowest BCUT2D eigenvalue weighted by Crippen LogP contribution is -2.61. The molecule has 3 nitrogen and oxygen atoms in total. The smallest absolute Gasteiger partial charge is 0.252 e. The molecule has 262 valence electrons. The molecule has 0 radical (unpaired) electrons. The Balaban J connectivity index is 1.25. The first-order valence-corrected chi connectivity index (χ1v) is 19.2. The van der Waals surface area contributed by atoms with Gasteiger partial charge < -0.3 is 14.4 Å². The third-order valence-corrected chi connectivity index (χ3v) is 11.7. The van der Waals surface area contributed by atoms with Crippen LogP contribution in [0.25, 0.3) is 27.5 Å². The largest absolute Gasteiger partial charge is 0.311 e. The molecule has 0 bridgehead atoms. The summed E-state index contributed by atoms with van der Waals surface area (Å²) in [7, 11) is 0. The number of fused-ring (bicyclic) bond motifs is 7. The van der Waals surface area contributed by atoms with Crippen molar-refractivity contribution in [2.24, 2.45) is 0 Å². The maximum absolute atomic E-state index is 2.49. The van der Waals surface area contributed by atoms with Crippen molar-refractivity contribution < 1.29 is 0 Å². The summed E-state index contributed by atoms with van der Waals surface area (Å²) in [4.78, 5) is 4.94. The van der Waals surface area contributed by atoms with E-state index in [-0.39, 0.29) is 17.5 Å². The number of benzene rings is 7. The Kier molecular flexibility index (Phi) is 7.10. The van der Waals surface area contributed by atoms with E-state index in [0.29, 0.717) is 0 Å². The predicted octanol–water partition coefficient (Wildman–Crippen LogP) is 11.5. The van der Waals surface area contributed by atoms with E-state index in [0.717, 1.165) is 11.4 Å². The van der Waals surface area contributed by atoms with Crippen LogP contribution in [-0.2, 0) is 10.8 Å². The van der Waals surface area contributed by atoms with E-state index in [4.69, 9.17) is 0 Å². The fourth-order valence-electron chi connectivity index (χ4n) is 8.95. The van der Waals surface area contributed by atoms with E-state index >= 15 is 0 Å². The van der Waals surface area contributed by atoms with Crippen LogP contribution in [0.4, 0.5) is 34.1 Å². The molecule has 0 amide bonds. The summed E-state index contributed by atoms with van der Waals surface area (Å²) in [6.45, 7) is 13.9. The first kappa shape index (κ1) is 32.6. The van der Waals surface area contributed by atoms with Crippen LogP contribution in [0.5, 0.6) is 0 Å². The van der Waals surface area contributed by atoms with Crippen molar-refractivity contribution in [2.75, 3.05) is 9.80 Å². The van der Waals surface area contributed by atoms with Gasteiger partial charge in [0.25, 0.3) is 6.71 Å². The Morgan fingerprint density at radius 2 is 0.870 bits per heavy atom. The number of hydrogen-bond donors (Lipinski definition) is 0. The van der Waals surface area contributed by atoms with E-state index in [1.165, 1.54) is 77.8 Å². The summed E-state index contributed by atoms with van der Waals surface area (Å²) >= 11 is 0. The maximum Gasteiger partial charge on any atom is 0.252 e. The van der Waals surface area contributed by atoms with Crippen LogP contribution in [-0.4, -0.2) is 11.3 Å². The molecule has 8 aromatic rings. The fraction of sp³-hybridized carbons (Fsp3) is 0.160. The monoisotopic (exact) mass is 697 g/mol. The minimum Gasteiger partial charge on any atom is -0.311 e. The Labute approximate surface area is 319 Å². The van der Waals surface area contributed by atoms with E-state index in [2.05, 4.69) is 214 Å². The molecule has 2 aliphatic heterocycles. The van der Waals surface area contributed by atoms with Gasteiger partial charge in [-0.05, 0) is 117 Å². The molecular formula is C50H44BN3. The molecule has 2 aliphatic rings. The molecule has 10 rings (SSSR count). The topological polar surface area (TPSA) is 11.4 Å². The van der Waals surface area contributed by atoms with Gasteiger partial charge in [0.2, 0.25) is 0 Å². The lowest BCUT2D eigenvalue weighted by atomic mass is 9.33. The molecule has 0 saturated carbocycles. The second kappa shape index (κ2) is 11.8. The van der Waals surface area contributed by atoms with Crippen LogP contribution in [0.15, 0.2) is 158 Å². The quantitative estimate of drug-likeness (QED) is 0.170. The number of anilines is 6.